The van der Waals surface area contributed by atoms with Crippen molar-refractivity contribution in [3.05, 3.63) is 34.6 Å². The topological polar surface area (TPSA) is 65.5 Å². The molecule has 0 unspecified atom stereocenters. The van der Waals surface area contributed by atoms with Gasteiger partial charge in [0, 0.05) is 19.8 Å². The van der Waals surface area contributed by atoms with Gasteiger partial charge in [0.2, 0.25) is 0 Å². The van der Waals surface area contributed by atoms with E-state index in [4.69, 9.17) is 24.2 Å². The van der Waals surface area contributed by atoms with E-state index in [1.807, 2.05) is 0 Å². The predicted molar refractivity (Wildman–Crippen MR) is 113 cm³/mol. The summed E-state index contributed by atoms with van der Waals surface area (Å²) in [6.07, 6.45) is 1.54. The summed E-state index contributed by atoms with van der Waals surface area (Å²) in [6, 6.07) is 4.22. The van der Waals surface area contributed by atoms with Gasteiger partial charge in [0.15, 0.2) is 0 Å². The fourth-order valence-corrected chi connectivity index (χ4v) is 3.43. The third-order valence-corrected chi connectivity index (χ3v) is 4.69. The summed E-state index contributed by atoms with van der Waals surface area (Å²) in [5, 5.41) is 3.45. The highest BCUT2D eigenvalue weighted by molar-refractivity contribution is 5.74. The van der Waals surface area contributed by atoms with E-state index in [2.05, 4.69) is 45.1 Å². The maximum absolute atomic E-state index is 5.68. The molecule has 6 nitrogen and oxygen atoms in total. The second-order valence-corrected chi connectivity index (χ2v) is 6.93. The number of nitrogens with zero attached hydrogens (tertiary/aromatic N) is 2. The molecule has 0 amide bonds. The van der Waals surface area contributed by atoms with Crippen molar-refractivity contribution in [1.29, 1.82) is 0 Å². The van der Waals surface area contributed by atoms with Crippen LogP contribution >= 0.6 is 0 Å². The molecule has 1 N–H and O–H groups in total. The van der Waals surface area contributed by atoms with Gasteiger partial charge in [0.05, 0.1) is 43.4 Å². The zero-order chi connectivity index (χ0) is 20.7. The van der Waals surface area contributed by atoms with Gasteiger partial charge < -0.3 is 19.5 Å². The molecular formula is C22H33N3O3. The van der Waals surface area contributed by atoms with Crippen molar-refractivity contribution in [3.63, 3.8) is 0 Å². The molecule has 1 heterocycles. The van der Waals surface area contributed by atoms with E-state index in [9.17, 15) is 0 Å². The fourth-order valence-electron chi connectivity index (χ4n) is 3.43. The Morgan fingerprint density at radius 3 is 2.11 bits per heavy atom. The van der Waals surface area contributed by atoms with E-state index in [0.29, 0.717) is 13.2 Å². The molecule has 0 atom stereocenters. The van der Waals surface area contributed by atoms with Crippen molar-refractivity contribution in [2.75, 3.05) is 39.9 Å². The van der Waals surface area contributed by atoms with Crippen molar-refractivity contribution in [2.24, 2.45) is 0 Å². The van der Waals surface area contributed by atoms with Crippen molar-refractivity contribution < 1.29 is 14.2 Å². The van der Waals surface area contributed by atoms with Crippen LogP contribution in [0, 0.1) is 13.8 Å². The minimum Gasteiger partial charge on any atom is -0.496 e. The summed E-state index contributed by atoms with van der Waals surface area (Å²) < 4.78 is 16.3. The van der Waals surface area contributed by atoms with Gasteiger partial charge in [-0.3, -0.25) is 0 Å². The van der Waals surface area contributed by atoms with Crippen molar-refractivity contribution >= 4 is 5.82 Å². The zero-order valence-electron chi connectivity index (χ0n) is 18.2. The summed E-state index contributed by atoms with van der Waals surface area (Å²) in [6.45, 7) is 9.42. The van der Waals surface area contributed by atoms with Crippen molar-refractivity contribution in [3.8, 4) is 17.0 Å². The molecule has 0 bridgehead atoms. The number of benzene rings is 1. The lowest BCUT2D eigenvalue weighted by Gasteiger charge is -2.21. The molecule has 2 aromatic rings. The van der Waals surface area contributed by atoms with E-state index >= 15 is 0 Å². The maximum atomic E-state index is 5.68. The van der Waals surface area contributed by atoms with Crippen LogP contribution in [0.2, 0.25) is 0 Å². The SMILES string of the molecule is CCc1nc(-c2c(C)cc(C)cc2OC)c(CC)nc1NC(COC)COC. The van der Waals surface area contributed by atoms with Gasteiger partial charge in [-0.2, -0.15) is 0 Å². The largest absolute Gasteiger partial charge is 0.496 e. The molecule has 154 valence electrons. The highest BCUT2D eigenvalue weighted by atomic mass is 16.5. The van der Waals surface area contributed by atoms with Crippen LogP contribution in [0.1, 0.15) is 36.4 Å². The molecule has 0 aliphatic carbocycles. The third-order valence-electron chi connectivity index (χ3n) is 4.69. The quantitative estimate of drug-likeness (QED) is 0.665. The molecule has 0 aliphatic rings. The average Bonchev–Trinajstić information content (AvgIpc) is 2.67. The van der Waals surface area contributed by atoms with E-state index in [0.717, 1.165) is 52.6 Å². The van der Waals surface area contributed by atoms with E-state index in [1.54, 1.807) is 21.3 Å². The summed E-state index contributed by atoms with van der Waals surface area (Å²) in [7, 11) is 5.07. The fraction of sp³-hybridized carbons (Fsp3) is 0.545. The van der Waals surface area contributed by atoms with Crippen molar-refractivity contribution in [2.45, 2.75) is 46.6 Å². The second-order valence-electron chi connectivity index (χ2n) is 6.93. The predicted octanol–water partition coefficient (Wildman–Crippen LogP) is 3.97. The lowest BCUT2D eigenvalue weighted by Crippen LogP contribution is -2.31. The molecule has 0 spiro atoms. The molecule has 1 aromatic heterocycles. The lowest BCUT2D eigenvalue weighted by atomic mass is 9.99. The number of hydrogen-bond acceptors (Lipinski definition) is 6. The number of aryl methyl sites for hydroxylation is 4. The Morgan fingerprint density at radius 2 is 1.57 bits per heavy atom. The third kappa shape index (κ3) is 5.00. The van der Waals surface area contributed by atoms with Crippen molar-refractivity contribution in [1.82, 2.24) is 9.97 Å². The number of nitrogens with one attached hydrogen (secondary N) is 1. The summed E-state index contributed by atoms with van der Waals surface area (Å²) >= 11 is 0. The van der Waals surface area contributed by atoms with Crippen LogP contribution in [-0.2, 0) is 22.3 Å². The first-order valence-electron chi connectivity index (χ1n) is 9.78. The van der Waals surface area contributed by atoms with Crippen LogP contribution in [0.5, 0.6) is 5.75 Å². The molecule has 1 aromatic carbocycles. The van der Waals surface area contributed by atoms with Gasteiger partial charge in [-0.25, -0.2) is 9.97 Å². The van der Waals surface area contributed by atoms with E-state index < -0.39 is 0 Å². The smallest absolute Gasteiger partial charge is 0.148 e. The molecular weight excluding hydrogens is 354 g/mol. The summed E-state index contributed by atoms with van der Waals surface area (Å²) in [5.41, 5.74) is 6.09. The molecule has 0 saturated heterocycles. The standard InChI is InChI=1S/C22H33N3O3/c1-8-17-21(20-15(4)10-14(3)11-19(20)28-7)24-18(9-2)22(25-17)23-16(12-26-5)13-27-6/h10-11,16H,8-9,12-13H2,1-7H3,(H,23,25). The van der Waals surface area contributed by atoms with Gasteiger partial charge >= 0.3 is 0 Å². The number of hydrogen-bond donors (Lipinski definition) is 1. The Kier molecular flexibility index (Phi) is 8.20. The average molecular weight is 388 g/mol. The highest BCUT2D eigenvalue weighted by Crippen LogP contribution is 2.36. The first-order valence-corrected chi connectivity index (χ1v) is 9.78. The van der Waals surface area contributed by atoms with Crippen LogP contribution < -0.4 is 10.1 Å². The minimum absolute atomic E-state index is 0.0146. The first kappa shape index (κ1) is 22.1. The van der Waals surface area contributed by atoms with Crippen LogP contribution in [0.4, 0.5) is 5.82 Å². The Morgan fingerprint density at radius 1 is 0.929 bits per heavy atom. The molecule has 0 fully saturated rings. The summed E-state index contributed by atoms with van der Waals surface area (Å²) in [5.74, 6) is 1.63. The van der Waals surface area contributed by atoms with Crippen LogP contribution in [0.3, 0.4) is 0 Å². The number of anilines is 1. The first-order chi connectivity index (χ1) is 13.5. The maximum Gasteiger partial charge on any atom is 0.148 e. The Bertz CT molecular complexity index is 787. The zero-order valence-corrected chi connectivity index (χ0v) is 18.2. The number of rotatable bonds is 10. The van der Waals surface area contributed by atoms with Crippen LogP contribution in [0.15, 0.2) is 12.1 Å². The lowest BCUT2D eigenvalue weighted by molar-refractivity contribution is 0.126. The normalized spacial score (nSPS) is 11.1. The number of methoxy groups -OCH3 is 3. The van der Waals surface area contributed by atoms with Gasteiger partial charge in [0.1, 0.15) is 11.6 Å². The monoisotopic (exact) mass is 387 g/mol. The number of ether oxygens (including phenoxy) is 3. The van der Waals surface area contributed by atoms with Crippen LogP contribution in [-0.4, -0.2) is 50.6 Å². The molecule has 2 rings (SSSR count). The van der Waals surface area contributed by atoms with Gasteiger partial charge in [0.25, 0.3) is 0 Å². The van der Waals surface area contributed by atoms with Crippen LogP contribution in [0.25, 0.3) is 11.3 Å². The highest BCUT2D eigenvalue weighted by Gasteiger charge is 2.20. The Balaban J connectivity index is 2.57. The van der Waals surface area contributed by atoms with Gasteiger partial charge in [-0.05, 0) is 43.9 Å². The summed E-state index contributed by atoms with van der Waals surface area (Å²) in [4.78, 5) is 9.96. The van der Waals surface area contributed by atoms with Gasteiger partial charge in [-0.15, -0.1) is 0 Å². The van der Waals surface area contributed by atoms with E-state index in [-0.39, 0.29) is 6.04 Å². The van der Waals surface area contributed by atoms with E-state index in [1.165, 1.54) is 5.56 Å². The minimum atomic E-state index is 0.0146. The molecule has 0 radical (unpaired) electrons. The second kappa shape index (κ2) is 10.4. The Hall–Kier alpha value is -2.18. The Labute approximate surface area is 168 Å². The number of aromatic nitrogens is 2. The molecule has 28 heavy (non-hydrogen) atoms. The van der Waals surface area contributed by atoms with Gasteiger partial charge in [-0.1, -0.05) is 19.9 Å². The molecule has 6 heteroatoms. The molecule has 0 aliphatic heterocycles. The molecule has 0 saturated carbocycles.